The number of fused-ring (bicyclic) bond motifs is 1. The van der Waals surface area contributed by atoms with E-state index in [1.165, 1.54) is 0 Å². The Morgan fingerprint density at radius 2 is 1.88 bits per heavy atom. The fourth-order valence-electron chi connectivity index (χ4n) is 4.73. The zero-order valence-corrected chi connectivity index (χ0v) is 19.2. The number of anilines is 2. The van der Waals surface area contributed by atoms with E-state index < -0.39 is 5.66 Å². The first-order chi connectivity index (χ1) is 16.5. The molecule has 5 rings (SSSR count). The van der Waals surface area contributed by atoms with Gasteiger partial charge < -0.3 is 16.0 Å². The summed E-state index contributed by atoms with van der Waals surface area (Å²) in [4.78, 5) is 14.9. The maximum Gasteiger partial charge on any atom is 0.264 e. The second kappa shape index (κ2) is 8.62. The molecule has 0 bridgehead atoms. The molecule has 3 aromatic carbocycles. The molecule has 0 spiro atoms. The van der Waals surface area contributed by atoms with Gasteiger partial charge in [-0.15, -0.1) is 5.10 Å². The third-order valence-corrected chi connectivity index (χ3v) is 6.41. The van der Waals surface area contributed by atoms with E-state index in [2.05, 4.69) is 68.1 Å². The standard InChI is InChI=1S/C26H26N7O/c1-3-15-26(25(27)34)28-23-17(2)7-6-10-22(23)33(26)16-18-11-13-19(14-12-18)20-8-4-5-9-21(20)24-29-31-32-30-24/h4-5,7-14,28H,3,15-16H2,1-2H3,(H2,27,34)(H,29,30,31,32). The Hall–Kier alpha value is -4.20. The van der Waals surface area contributed by atoms with Crippen LogP contribution < -0.4 is 16.0 Å². The third kappa shape index (κ3) is 3.57. The summed E-state index contributed by atoms with van der Waals surface area (Å²) in [5.41, 5.74) is 12.0. The van der Waals surface area contributed by atoms with Crippen LogP contribution in [0.3, 0.4) is 0 Å². The van der Waals surface area contributed by atoms with Crippen LogP contribution in [0.25, 0.3) is 22.5 Å². The molecular weight excluding hydrogens is 426 g/mol. The number of rotatable bonds is 7. The number of nitrogens with zero attached hydrogens (tertiary/aromatic N) is 4. The van der Waals surface area contributed by atoms with Gasteiger partial charge in [0.25, 0.3) is 5.91 Å². The molecular formula is C26H26N7O. The van der Waals surface area contributed by atoms with Crippen molar-refractivity contribution in [3.63, 3.8) is 0 Å². The molecule has 2 heterocycles. The maximum atomic E-state index is 12.8. The average molecular weight is 453 g/mol. The van der Waals surface area contributed by atoms with Gasteiger partial charge in [0.15, 0.2) is 11.5 Å². The molecule has 34 heavy (non-hydrogen) atoms. The number of tetrazole rings is 1. The number of hydrogen-bond acceptors (Lipinski definition) is 6. The third-order valence-electron chi connectivity index (χ3n) is 6.41. The molecule has 4 aromatic rings. The van der Waals surface area contributed by atoms with E-state index in [1.54, 1.807) is 0 Å². The molecule has 1 unspecified atom stereocenters. The minimum Gasteiger partial charge on any atom is -0.366 e. The number of nitrogens with one attached hydrogen (secondary N) is 2. The number of carbonyl (C=O) groups is 1. The average Bonchev–Trinajstić information content (AvgIpc) is 3.49. The minimum absolute atomic E-state index is 0.379. The Morgan fingerprint density at radius 3 is 2.56 bits per heavy atom. The Morgan fingerprint density at radius 1 is 1.12 bits per heavy atom. The van der Waals surface area contributed by atoms with Crippen LogP contribution in [0, 0.1) is 13.0 Å². The highest BCUT2D eigenvalue weighted by Gasteiger charge is 2.48. The smallest absolute Gasteiger partial charge is 0.264 e. The van der Waals surface area contributed by atoms with Gasteiger partial charge in [-0.2, -0.15) is 0 Å². The quantitative estimate of drug-likeness (QED) is 0.390. The first-order valence-electron chi connectivity index (χ1n) is 11.3. The second-order valence-electron chi connectivity index (χ2n) is 8.58. The van der Waals surface area contributed by atoms with Gasteiger partial charge >= 0.3 is 0 Å². The molecule has 1 aliphatic heterocycles. The summed E-state index contributed by atoms with van der Waals surface area (Å²) in [5, 5.41) is 17.8. The van der Waals surface area contributed by atoms with Gasteiger partial charge in [-0.05, 0) is 64.2 Å². The highest BCUT2D eigenvalue weighted by molar-refractivity contribution is 5.98. The normalized spacial score (nSPS) is 16.8. The Balaban J connectivity index is 1.49. The van der Waals surface area contributed by atoms with E-state index in [0.29, 0.717) is 18.8 Å². The van der Waals surface area contributed by atoms with Gasteiger partial charge in [-0.25, -0.2) is 5.10 Å². The van der Waals surface area contributed by atoms with Gasteiger partial charge in [0.1, 0.15) is 0 Å². The number of aromatic nitrogens is 4. The number of amides is 1. The van der Waals surface area contributed by atoms with Gasteiger partial charge in [0.05, 0.1) is 11.4 Å². The summed E-state index contributed by atoms with van der Waals surface area (Å²) >= 11 is 0. The van der Waals surface area contributed by atoms with Crippen LogP contribution in [0.4, 0.5) is 11.4 Å². The number of aryl methyl sites for hydroxylation is 1. The Bertz CT molecular complexity index is 1320. The number of benzene rings is 3. The Labute approximate surface area is 198 Å². The Kier molecular flexibility index (Phi) is 5.49. The SMILES string of the molecule is CCCC1(C(N)=O)Nc2c(C)c[c]cc2N1Cc1ccc(-c2ccccc2-c2nnn[nH]2)cc1. The molecule has 1 radical (unpaired) electrons. The fraction of sp³-hybridized carbons (Fsp3) is 0.231. The molecule has 1 atom stereocenters. The molecule has 0 saturated carbocycles. The van der Waals surface area contributed by atoms with Crippen molar-refractivity contribution in [3.05, 3.63) is 77.9 Å². The van der Waals surface area contributed by atoms with Crippen molar-refractivity contribution in [1.29, 1.82) is 0 Å². The summed E-state index contributed by atoms with van der Waals surface area (Å²) in [6.07, 6.45) is 1.42. The number of carbonyl (C=O) groups excluding carboxylic acids is 1. The predicted octanol–water partition coefficient (Wildman–Crippen LogP) is 4.06. The molecule has 1 aliphatic rings. The van der Waals surface area contributed by atoms with Crippen molar-refractivity contribution >= 4 is 17.3 Å². The van der Waals surface area contributed by atoms with E-state index in [1.807, 2.05) is 43.3 Å². The minimum atomic E-state index is -0.971. The van der Waals surface area contributed by atoms with Crippen LogP contribution >= 0.6 is 0 Å². The highest BCUT2D eigenvalue weighted by atomic mass is 16.2. The molecule has 0 fully saturated rings. The highest BCUT2D eigenvalue weighted by Crippen LogP contribution is 2.44. The molecule has 4 N–H and O–H groups in total. The van der Waals surface area contributed by atoms with Gasteiger partial charge in [-0.3, -0.25) is 4.79 Å². The van der Waals surface area contributed by atoms with Crippen LogP contribution in [0.1, 0.15) is 30.9 Å². The van der Waals surface area contributed by atoms with Crippen molar-refractivity contribution in [1.82, 2.24) is 20.6 Å². The maximum absolute atomic E-state index is 12.8. The first-order valence-corrected chi connectivity index (χ1v) is 11.3. The zero-order valence-electron chi connectivity index (χ0n) is 19.2. The van der Waals surface area contributed by atoms with Crippen LogP contribution in [0.2, 0.25) is 0 Å². The van der Waals surface area contributed by atoms with Crippen LogP contribution in [0.5, 0.6) is 0 Å². The van der Waals surface area contributed by atoms with Crippen molar-refractivity contribution in [3.8, 4) is 22.5 Å². The summed E-state index contributed by atoms with van der Waals surface area (Å²) in [5.74, 6) is 0.244. The van der Waals surface area contributed by atoms with Crippen LogP contribution in [-0.2, 0) is 11.3 Å². The second-order valence-corrected chi connectivity index (χ2v) is 8.58. The molecule has 8 nitrogen and oxygen atoms in total. The zero-order chi connectivity index (χ0) is 23.7. The summed E-state index contributed by atoms with van der Waals surface area (Å²) in [7, 11) is 0. The lowest BCUT2D eigenvalue weighted by Crippen LogP contribution is -2.59. The number of aromatic amines is 1. The van der Waals surface area contributed by atoms with Gasteiger partial charge in [0.2, 0.25) is 0 Å². The molecule has 1 aromatic heterocycles. The van der Waals surface area contributed by atoms with Crippen LogP contribution in [-0.4, -0.2) is 32.2 Å². The van der Waals surface area contributed by atoms with E-state index in [0.717, 1.165) is 45.6 Å². The number of H-pyrrole nitrogens is 1. The number of nitrogens with two attached hydrogens (primary N) is 1. The topological polar surface area (TPSA) is 113 Å². The van der Waals surface area contributed by atoms with E-state index in [-0.39, 0.29) is 5.91 Å². The monoisotopic (exact) mass is 452 g/mol. The molecule has 1 amide bonds. The number of hydrogen-bond donors (Lipinski definition) is 3. The van der Waals surface area contributed by atoms with E-state index >= 15 is 0 Å². The fourth-order valence-corrected chi connectivity index (χ4v) is 4.73. The van der Waals surface area contributed by atoms with Crippen molar-refractivity contribution in [2.24, 2.45) is 5.73 Å². The summed E-state index contributed by atoms with van der Waals surface area (Å²) < 4.78 is 0. The van der Waals surface area contributed by atoms with E-state index in [9.17, 15) is 4.79 Å². The van der Waals surface area contributed by atoms with Gasteiger partial charge in [-0.1, -0.05) is 61.9 Å². The van der Waals surface area contributed by atoms with Crippen LogP contribution in [0.15, 0.2) is 60.7 Å². The van der Waals surface area contributed by atoms with Crippen molar-refractivity contribution in [2.75, 3.05) is 10.2 Å². The summed E-state index contributed by atoms with van der Waals surface area (Å²) in [6, 6.07) is 23.4. The lowest BCUT2D eigenvalue weighted by molar-refractivity contribution is -0.122. The van der Waals surface area contributed by atoms with Crippen molar-refractivity contribution < 1.29 is 4.79 Å². The number of primary amides is 1. The lowest BCUT2D eigenvalue weighted by Gasteiger charge is -2.37. The van der Waals surface area contributed by atoms with E-state index in [4.69, 9.17) is 5.73 Å². The lowest BCUT2D eigenvalue weighted by atomic mass is 9.97. The molecule has 0 saturated heterocycles. The molecule has 8 heteroatoms. The van der Waals surface area contributed by atoms with Gasteiger partial charge in [0, 0.05) is 12.1 Å². The first kappa shape index (κ1) is 21.6. The largest absolute Gasteiger partial charge is 0.366 e. The molecule has 171 valence electrons. The van der Waals surface area contributed by atoms with Crippen molar-refractivity contribution in [2.45, 2.75) is 38.9 Å². The predicted molar refractivity (Wildman–Crippen MR) is 132 cm³/mol. The summed E-state index contributed by atoms with van der Waals surface area (Å²) in [6.45, 7) is 4.61. The molecule has 0 aliphatic carbocycles.